The molecule has 0 unspecified atom stereocenters. The van der Waals surface area contributed by atoms with Gasteiger partial charge in [0.25, 0.3) is 0 Å². The fraction of sp³-hybridized carbons (Fsp3) is 0.545. The Morgan fingerprint density at radius 3 is 2.82 bits per heavy atom. The number of aliphatic imine (C=N–C) groups is 1. The molecule has 3 N–H and O–H groups in total. The Morgan fingerprint density at radius 1 is 1.65 bits per heavy atom. The maximum atomic E-state index is 5.49. The molecule has 0 aliphatic heterocycles. The van der Waals surface area contributed by atoms with E-state index >= 15 is 0 Å². The van der Waals surface area contributed by atoms with E-state index in [0.717, 1.165) is 22.8 Å². The fourth-order valence-electron chi connectivity index (χ4n) is 1.32. The first-order valence-corrected chi connectivity index (χ1v) is 7.15. The van der Waals surface area contributed by atoms with Gasteiger partial charge in [0.15, 0.2) is 0 Å². The van der Waals surface area contributed by atoms with Crippen LogP contribution in [0.25, 0.3) is 0 Å². The molecule has 1 aromatic heterocycles. The summed E-state index contributed by atoms with van der Waals surface area (Å²) in [6.45, 7) is 5.84. The van der Waals surface area contributed by atoms with Gasteiger partial charge < -0.3 is 4.90 Å². The minimum Gasteiger partial charge on any atom is -0.341 e. The first-order chi connectivity index (χ1) is 8.02. The Hall–Kier alpha value is -0.590. The molecule has 6 heteroatoms. The molecule has 1 rings (SSSR count). The summed E-state index contributed by atoms with van der Waals surface area (Å²) in [6, 6.07) is 2.11. The lowest BCUT2D eigenvalue weighted by atomic mass is 10.2. The first kappa shape index (κ1) is 14.5. The monoisotopic (exact) mass is 318 g/mol. The van der Waals surface area contributed by atoms with E-state index in [2.05, 4.69) is 51.6 Å². The number of guanidine groups is 1. The van der Waals surface area contributed by atoms with Crippen LogP contribution in [0.1, 0.15) is 19.4 Å². The van der Waals surface area contributed by atoms with Crippen LogP contribution in [0.5, 0.6) is 0 Å². The number of nitrogens with zero attached hydrogens (tertiary/aromatic N) is 2. The molecule has 0 bridgehead atoms. The quantitative estimate of drug-likeness (QED) is 0.388. The Kier molecular flexibility index (Phi) is 5.94. The normalized spacial score (nSPS) is 12.0. The molecular weight excluding hydrogens is 300 g/mol. The average molecular weight is 319 g/mol. The lowest BCUT2D eigenvalue weighted by molar-refractivity contribution is 0.474. The highest BCUT2D eigenvalue weighted by Crippen LogP contribution is 2.21. The lowest BCUT2D eigenvalue weighted by Crippen LogP contribution is -2.42. The Bertz CT molecular complexity index is 375. The van der Waals surface area contributed by atoms with E-state index in [0.29, 0.717) is 5.92 Å². The number of hydrogen-bond acceptors (Lipinski definition) is 3. The summed E-state index contributed by atoms with van der Waals surface area (Å²) in [5.74, 6) is 6.74. The van der Waals surface area contributed by atoms with Gasteiger partial charge in [-0.15, -0.1) is 11.3 Å². The summed E-state index contributed by atoms with van der Waals surface area (Å²) in [7, 11) is 1.98. The van der Waals surface area contributed by atoms with Crippen molar-refractivity contribution >= 4 is 33.2 Å². The molecule has 4 nitrogen and oxygen atoms in total. The lowest BCUT2D eigenvalue weighted by Gasteiger charge is -2.20. The maximum Gasteiger partial charge on any atom is 0.208 e. The molecule has 0 saturated carbocycles. The Labute approximate surface area is 115 Å². The van der Waals surface area contributed by atoms with Crippen molar-refractivity contribution in [3.8, 4) is 0 Å². The van der Waals surface area contributed by atoms with E-state index in [1.807, 2.05) is 11.9 Å². The van der Waals surface area contributed by atoms with Gasteiger partial charge in [-0.3, -0.25) is 10.4 Å². The summed E-state index contributed by atoms with van der Waals surface area (Å²) >= 11 is 5.14. The van der Waals surface area contributed by atoms with Gasteiger partial charge in [-0.2, -0.15) is 0 Å². The van der Waals surface area contributed by atoms with E-state index in [1.54, 1.807) is 11.3 Å². The van der Waals surface area contributed by atoms with Crippen LogP contribution in [-0.2, 0) is 6.54 Å². The number of halogens is 1. The minimum atomic E-state index is 0.530. The van der Waals surface area contributed by atoms with Gasteiger partial charge in [0.2, 0.25) is 5.96 Å². The van der Waals surface area contributed by atoms with E-state index in [1.165, 1.54) is 5.56 Å². The molecule has 0 radical (unpaired) electrons. The largest absolute Gasteiger partial charge is 0.341 e. The number of nitrogens with one attached hydrogen (secondary N) is 1. The average Bonchev–Trinajstić information content (AvgIpc) is 2.64. The van der Waals surface area contributed by atoms with Crippen molar-refractivity contribution in [2.45, 2.75) is 20.4 Å². The first-order valence-electron chi connectivity index (χ1n) is 5.48. The minimum absolute atomic E-state index is 0.530. The van der Waals surface area contributed by atoms with Gasteiger partial charge in [-0.25, -0.2) is 5.84 Å². The van der Waals surface area contributed by atoms with E-state index < -0.39 is 0 Å². The van der Waals surface area contributed by atoms with Crippen LogP contribution in [0.2, 0.25) is 0 Å². The van der Waals surface area contributed by atoms with Crippen molar-refractivity contribution in [2.75, 3.05) is 13.6 Å². The third kappa shape index (κ3) is 5.06. The molecule has 0 aliphatic carbocycles. The number of thiophene rings is 1. The highest BCUT2D eigenvalue weighted by atomic mass is 79.9. The molecule has 0 aromatic carbocycles. The molecule has 0 fully saturated rings. The number of rotatable bonds is 4. The second-order valence-corrected chi connectivity index (χ2v) is 6.61. The van der Waals surface area contributed by atoms with Crippen molar-refractivity contribution in [3.63, 3.8) is 0 Å². The van der Waals surface area contributed by atoms with Crippen molar-refractivity contribution < 1.29 is 0 Å². The molecule has 1 heterocycles. The van der Waals surface area contributed by atoms with Crippen LogP contribution >= 0.6 is 27.3 Å². The van der Waals surface area contributed by atoms with Crippen molar-refractivity contribution in [1.82, 2.24) is 10.3 Å². The second-order valence-electron chi connectivity index (χ2n) is 4.32. The zero-order valence-electron chi connectivity index (χ0n) is 10.4. The summed E-state index contributed by atoms with van der Waals surface area (Å²) in [6.07, 6.45) is 0. The smallest absolute Gasteiger partial charge is 0.208 e. The summed E-state index contributed by atoms with van der Waals surface area (Å²) in [5, 5.41) is 2.12. The van der Waals surface area contributed by atoms with E-state index in [4.69, 9.17) is 5.84 Å². The number of nitrogens with two attached hydrogens (primary N) is 1. The van der Waals surface area contributed by atoms with E-state index in [-0.39, 0.29) is 0 Å². The van der Waals surface area contributed by atoms with Crippen LogP contribution in [0.15, 0.2) is 20.2 Å². The van der Waals surface area contributed by atoms with Crippen LogP contribution in [-0.4, -0.2) is 24.5 Å². The third-order valence-corrected chi connectivity index (χ3v) is 3.69. The van der Waals surface area contributed by atoms with Crippen LogP contribution in [0.4, 0.5) is 0 Å². The highest BCUT2D eigenvalue weighted by molar-refractivity contribution is 9.11. The molecule has 0 aliphatic rings. The maximum absolute atomic E-state index is 5.49. The van der Waals surface area contributed by atoms with Gasteiger partial charge in [0.1, 0.15) is 0 Å². The standard InChI is InChI=1S/C11H19BrN4S/c1-8(2)5-14-11(15-13)16(3)6-9-4-10(12)17-7-9/h4,7-8H,5-6,13H2,1-3H3,(H,14,15). The topological polar surface area (TPSA) is 53.6 Å². The van der Waals surface area contributed by atoms with Crippen molar-refractivity contribution in [1.29, 1.82) is 0 Å². The third-order valence-electron chi connectivity index (χ3n) is 2.14. The molecular formula is C11H19BrN4S. The predicted octanol–water partition coefficient (Wildman–Crippen LogP) is 2.42. The van der Waals surface area contributed by atoms with Crippen LogP contribution < -0.4 is 11.3 Å². The highest BCUT2D eigenvalue weighted by Gasteiger charge is 2.07. The fourth-order valence-corrected chi connectivity index (χ4v) is 2.52. The zero-order chi connectivity index (χ0) is 12.8. The van der Waals surface area contributed by atoms with Gasteiger partial charge >= 0.3 is 0 Å². The second kappa shape index (κ2) is 6.98. The molecule has 0 saturated heterocycles. The molecule has 1 aromatic rings. The van der Waals surface area contributed by atoms with Gasteiger partial charge in [-0.05, 0) is 38.9 Å². The molecule has 0 spiro atoms. The molecule has 96 valence electrons. The number of hydrazine groups is 1. The SMILES string of the molecule is CC(C)CN=C(NN)N(C)Cc1csc(Br)c1. The van der Waals surface area contributed by atoms with Gasteiger partial charge in [0.05, 0.1) is 3.79 Å². The summed E-state index contributed by atoms with van der Waals surface area (Å²) < 4.78 is 1.14. The summed E-state index contributed by atoms with van der Waals surface area (Å²) in [4.78, 5) is 6.45. The van der Waals surface area contributed by atoms with Gasteiger partial charge in [0, 0.05) is 20.1 Å². The Balaban J connectivity index is 2.60. The number of hydrogen-bond donors (Lipinski definition) is 2. The molecule has 0 atom stereocenters. The van der Waals surface area contributed by atoms with E-state index in [9.17, 15) is 0 Å². The van der Waals surface area contributed by atoms with Gasteiger partial charge in [-0.1, -0.05) is 13.8 Å². The predicted molar refractivity (Wildman–Crippen MR) is 77.9 cm³/mol. The van der Waals surface area contributed by atoms with Crippen LogP contribution in [0, 0.1) is 5.92 Å². The Morgan fingerprint density at radius 2 is 2.35 bits per heavy atom. The summed E-state index contributed by atoms with van der Waals surface area (Å²) in [5.41, 5.74) is 3.90. The van der Waals surface area contributed by atoms with Crippen molar-refractivity contribution in [3.05, 3.63) is 20.8 Å². The molecule has 0 amide bonds. The van der Waals surface area contributed by atoms with Crippen molar-refractivity contribution in [2.24, 2.45) is 16.8 Å². The molecule has 17 heavy (non-hydrogen) atoms. The van der Waals surface area contributed by atoms with Crippen LogP contribution in [0.3, 0.4) is 0 Å². The zero-order valence-corrected chi connectivity index (χ0v) is 12.8.